The summed E-state index contributed by atoms with van der Waals surface area (Å²) < 4.78 is 6.12. The normalized spacial score (nSPS) is 40.1. The van der Waals surface area contributed by atoms with E-state index in [0.29, 0.717) is 44.1 Å². The highest BCUT2D eigenvalue weighted by molar-refractivity contribution is 5.82. The first-order valence-corrected chi connectivity index (χ1v) is 11.7. The van der Waals surface area contributed by atoms with Gasteiger partial charge in [0.2, 0.25) is 5.91 Å². The number of rotatable bonds is 6. The van der Waals surface area contributed by atoms with Gasteiger partial charge in [-0.05, 0) is 55.4 Å². The molecular weight excluding hydrogens is 390 g/mol. The Kier molecular flexibility index (Phi) is 4.26. The van der Waals surface area contributed by atoms with Gasteiger partial charge < -0.3 is 20.3 Å². The van der Waals surface area contributed by atoms with Crippen molar-refractivity contribution in [3.8, 4) is 0 Å². The van der Waals surface area contributed by atoms with E-state index in [1.54, 1.807) is 0 Å². The average molecular weight is 422 g/mol. The molecule has 3 unspecified atom stereocenters. The van der Waals surface area contributed by atoms with Crippen LogP contribution < -0.4 is 5.73 Å². The third-order valence-electron chi connectivity index (χ3n) is 8.74. The predicted octanol–water partition coefficient (Wildman–Crippen LogP) is 2.93. The van der Waals surface area contributed by atoms with Crippen LogP contribution in [-0.4, -0.2) is 53.0 Å². The molecule has 2 heterocycles. The van der Waals surface area contributed by atoms with E-state index < -0.39 is 0 Å². The second kappa shape index (κ2) is 6.83. The SMILES string of the molecule is NC(=O)C12CC3CC(C1)C(N1CC4(COCc5ccccc5)C=CCN4C1=O)C(C3)C2. The zero-order valence-electron chi connectivity index (χ0n) is 17.9. The summed E-state index contributed by atoms with van der Waals surface area (Å²) >= 11 is 0. The van der Waals surface area contributed by atoms with Gasteiger partial charge in [0.25, 0.3) is 0 Å². The lowest BCUT2D eigenvalue weighted by molar-refractivity contribution is -0.150. The summed E-state index contributed by atoms with van der Waals surface area (Å²) in [4.78, 5) is 30.0. The van der Waals surface area contributed by atoms with Gasteiger partial charge in [-0.25, -0.2) is 4.79 Å². The van der Waals surface area contributed by atoms with Gasteiger partial charge in [-0.3, -0.25) is 4.79 Å². The summed E-state index contributed by atoms with van der Waals surface area (Å²) in [5, 5.41) is 0. The molecule has 4 aliphatic carbocycles. The number of benzene rings is 1. The molecule has 5 fully saturated rings. The van der Waals surface area contributed by atoms with Crippen molar-refractivity contribution >= 4 is 11.9 Å². The molecule has 1 aromatic carbocycles. The fraction of sp³-hybridized carbons (Fsp3) is 0.600. The maximum Gasteiger partial charge on any atom is 0.321 e. The Balaban J connectivity index is 1.20. The minimum Gasteiger partial charge on any atom is -0.374 e. The van der Waals surface area contributed by atoms with Gasteiger partial charge in [-0.15, -0.1) is 0 Å². The number of hydrogen-bond donors (Lipinski definition) is 1. The van der Waals surface area contributed by atoms with Crippen molar-refractivity contribution in [2.24, 2.45) is 28.9 Å². The molecular formula is C25H31N3O3. The standard InChI is InChI=1S/C25H31N3O3/c26-22(29)24-11-18-9-19(12-24)21(20(10-18)13-24)27-15-25(7-4-8-28(25)23(27)30)16-31-14-17-5-2-1-3-6-17/h1-7,18-21H,8-16H2,(H2,26,29). The molecule has 0 spiro atoms. The summed E-state index contributed by atoms with van der Waals surface area (Å²) in [6.45, 7) is 2.40. The summed E-state index contributed by atoms with van der Waals surface area (Å²) in [6, 6.07) is 10.5. The van der Waals surface area contributed by atoms with E-state index in [1.807, 2.05) is 23.1 Å². The molecule has 0 aromatic heterocycles. The lowest BCUT2D eigenvalue weighted by atomic mass is 9.47. The molecule has 6 aliphatic rings. The van der Waals surface area contributed by atoms with E-state index in [4.69, 9.17) is 10.5 Å². The van der Waals surface area contributed by atoms with Crippen LogP contribution in [0.3, 0.4) is 0 Å². The van der Waals surface area contributed by atoms with Gasteiger partial charge in [0.05, 0.1) is 19.8 Å². The maximum absolute atomic E-state index is 13.5. The van der Waals surface area contributed by atoms with Crippen LogP contribution in [0.15, 0.2) is 42.5 Å². The van der Waals surface area contributed by atoms with Gasteiger partial charge in [0.1, 0.15) is 5.54 Å². The van der Waals surface area contributed by atoms with Gasteiger partial charge in [-0.1, -0.05) is 42.5 Å². The topological polar surface area (TPSA) is 75.9 Å². The quantitative estimate of drug-likeness (QED) is 0.718. The number of nitrogens with zero attached hydrogens (tertiary/aromatic N) is 2. The van der Waals surface area contributed by atoms with Crippen LogP contribution in [0.4, 0.5) is 4.79 Å². The van der Waals surface area contributed by atoms with Crippen molar-refractivity contribution in [2.45, 2.75) is 50.3 Å². The van der Waals surface area contributed by atoms with Gasteiger partial charge in [0.15, 0.2) is 0 Å². The highest BCUT2D eigenvalue weighted by Gasteiger charge is 2.62. The third kappa shape index (κ3) is 2.87. The highest BCUT2D eigenvalue weighted by Crippen LogP contribution is 2.61. The number of hydrogen-bond acceptors (Lipinski definition) is 3. The Morgan fingerprint density at radius 3 is 2.58 bits per heavy atom. The van der Waals surface area contributed by atoms with Crippen molar-refractivity contribution in [2.75, 3.05) is 19.7 Å². The number of amides is 3. The molecule has 4 bridgehead atoms. The third-order valence-corrected chi connectivity index (χ3v) is 8.74. The van der Waals surface area contributed by atoms with E-state index in [0.717, 1.165) is 37.7 Å². The van der Waals surface area contributed by atoms with E-state index in [2.05, 4.69) is 29.2 Å². The highest BCUT2D eigenvalue weighted by atomic mass is 16.5. The molecule has 31 heavy (non-hydrogen) atoms. The van der Waals surface area contributed by atoms with Crippen LogP contribution >= 0.6 is 0 Å². The average Bonchev–Trinajstić information content (AvgIpc) is 3.26. The second-order valence-electron chi connectivity index (χ2n) is 10.6. The van der Waals surface area contributed by atoms with Gasteiger partial charge >= 0.3 is 6.03 Å². The first-order valence-electron chi connectivity index (χ1n) is 11.7. The Bertz CT molecular complexity index is 915. The first-order chi connectivity index (χ1) is 15.0. The molecule has 7 rings (SSSR count). The number of carbonyl (C=O) groups is 2. The molecule has 6 nitrogen and oxygen atoms in total. The fourth-order valence-electron chi connectivity index (χ4n) is 7.71. The minimum atomic E-state index is -0.373. The number of urea groups is 1. The number of primary amides is 1. The van der Waals surface area contributed by atoms with E-state index >= 15 is 0 Å². The monoisotopic (exact) mass is 421 g/mol. The molecule has 4 saturated carbocycles. The molecule has 2 N–H and O–H groups in total. The first kappa shape index (κ1) is 19.4. The summed E-state index contributed by atoms with van der Waals surface area (Å²) in [5.41, 5.74) is 6.32. The van der Waals surface area contributed by atoms with Crippen LogP contribution in [0.25, 0.3) is 0 Å². The molecule has 2 aliphatic heterocycles. The van der Waals surface area contributed by atoms with Crippen molar-refractivity contribution in [1.82, 2.24) is 9.80 Å². The molecule has 164 valence electrons. The summed E-state index contributed by atoms with van der Waals surface area (Å²) in [6.07, 6.45) is 9.22. The summed E-state index contributed by atoms with van der Waals surface area (Å²) in [5.74, 6) is 1.28. The van der Waals surface area contributed by atoms with E-state index in [9.17, 15) is 9.59 Å². The molecule has 1 saturated heterocycles. The zero-order chi connectivity index (χ0) is 21.2. The Hall–Kier alpha value is -2.34. The van der Waals surface area contributed by atoms with Crippen molar-refractivity contribution in [1.29, 1.82) is 0 Å². The van der Waals surface area contributed by atoms with E-state index in [-0.39, 0.29) is 28.9 Å². The van der Waals surface area contributed by atoms with Crippen molar-refractivity contribution in [3.05, 3.63) is 48.0 Å². The van der Waals surface area contributed by atoms with Crippen LogP contribution in [0.5, 0.6) is 0 Å². The second-order valence-corrected chi connectivity index (χ2v) is 10.6. The number of nitrogens with two attached hydrogens (primary N) is 1. The van der Waals surface area contributed by atoms with Crippen molar-refractivity contribution in [3.63, 3.8) is 0 Å². The zero-order valence-corrected chi connectivity index (χ0v) is 17.9. The fourth-order valence-corrected chi connectivity index (χ4v) is 7.71. The lowest BCUT2D eigenvalue weighted by Gasteiger charge is -2.60. The number of ether oxygens (including phenoxy) is 1. The smallest absolute Gasteiger partial charge is 0.321 e. The molecule has 6 heteroatoms. The number of fused-ring (bicyclic) bond motifs is 1. The molecule has 1 aromatic rings. The van der Waals surface area contributed by atoms with Crippen LogP contribution in [0.2, 0.25) is 0 Å². The minimum absolute atomic E-state index is 0.118. The Morgan fingerprint density at radius 1 is 1.13 bits per heavy atom. The molecule has 3 amide bonds. The maximum atomic E-state index is 13.5. The predicted molar refractivity (Wildman–Crippen MR) is 116 cm³/mol. The lowest BCUT2D eigenvalue weighted by Crippen LogP contribution is -2.62. The Labute approximate surface area is 183 Å². The van der Waals surface area contributed by atoms with Crippen molar-refractivity contribution < 1.29 is 14.3 Å². The number of carbonyl (C=O) groups excluding carboxylic acids is 2. The van der Waals surface area contributed by atoms with Crippen LogP contribution in [-0.2, 0) is 16.1 Å². The van der Waals surface area contributed by atoms with Crippen LogP contribution in [0.1, 0.15) is 37.7 Å². The largest absolute Gasteiger partial charge is 0.374 e. The summed E-state index contributed by atoms with van der Waals surface area (Å²) in [7, 11) is 0. The molecule has 3 atom stereocenters. The van der Waals surface area contributed by atoms with Gasteiger partial charge in [0, 0.05) is 18.0 Å². The van der Waals surface area contributed by atoms with Crippen LogP contribution in [0, 0.1) is 23.2 Å². The molecule has 0 radical (unpaired) electrons. The Morgan fingerprint density at radius 2 is 1.87 bits per heavy atom. The van der Waals surface area contributed by atoms with Gasteiger partial charge in [-0.2, -0.15) is 0 Å². The van der Waals surface area contributed by atoms with E-state index in [1.165, 1.54) is 0 Å².